The van der Waals surface area contributed by atoms with Gasteiger partial charge in [-0.2, -0.15) is 8.78 Å². The molecule has 1 saturated heterocycles. The van der Waals surface area contributed by atoms with Gasteiger partial charge in [-0.25, -0.2) is 4.99 Å². The number of aliphatic hydroxyl groups excluding tert-OH is 1. The Bertz CT molecular complexity index is 570. The van der Waals surface area contributed by atoms with Crippen LogP contribution in [-0.4, -0.2) is 48.3 Å². The summed E-state index contributed by atoms with van der Waals surface area (Å²) in [6.45, 7) is 1.31. The fourth-order valence-corrected chi connectivity index (χ4v) is 2.74. The second kappa shape index (κ2) is 11.0. The first-order valence-corrected chi connectivity index (χ1v) is 8.32. The highest BCUT2D eigenvalue weighted by atomic mass is 127. The SMILES string of the molecule is CCNC(=NCc1cc(Cl)ccc1OC(F)F)N1CCC(O)CC1.I. The van der Waals surface area contributed by atoms with Crippen molar-refractivity contribution in [3.63, 3.8) is 0 Å². The quantitative estimate of drug-likeness (QED) is 0.378. The first-order chi connectivity index (χ1) is 11.5. The highest BCUT2D eigenvalue weighted by molar-refractivity contribution is 14.0. The number of nitrogens with zero attached hydrogens (tertiary/aromatic N) is 2. The first kappa shape index (κ1) is 22.2. The second-order valence-corrected chi connectivity index (χ2v) is 5.96. The van der Waals surface area contributed by atoms with Gasteiger partial charge in [-0.05, 0) is 38.0 Å². The van der Waals surface area contributed by atoms with E-state index in [1.165, 1.54) is 12.1 Å². The van der Waals surface area contributed by atoms with Gasteiger partial charge in [0.15, 0.2) is 5.96 Å². The van der Waals surface area contributed by atoms with Crippen LogP contribution in [0, 0.1) is 0 Å². The van der Waals surface area contributed by atoms with Crippen LogP contribution in [0.25, 0.3) is 0 Å². The molecular weight excluding hydrogens is 467 g/mol. The Hall–Kier alpha value is -0.870. The summed E-state index contributed by atoms with van der Waals surface area (Å²) in [5, 5.41) is 13.2. The van der Waals surface area contributed by atoms with Gasteiger partial charge in [0.2, 0.25) is 0 Å². The largest absolute Gasteiger partial charge is 0.434 e. The Morgan fingerprint density at radius 2 is 2.12 bits per heavy atom. The number of hydrogen-bond donors (Lipinski definition) is 2. The third kappa shape index (κ3) is 7.10. The molecule has 0 amide bonds. The number of likely N-dealkylation sites (tertiary alicyclic amines) is 1. The van der Waals surface area contributed by atoms with Crippen LogP contribution in [0.2, 0.25) is 5.02 Å². The summed E-state index contributed by atoms with van der Waals surface area (Å²) >= 11 is 5.95. The van der Waals surface area contributed by atoms with Gasteiger partial charge in [0, 0.05) is 30.2 Å². The van der Waals surface area contributed by atoms with Gasteiger partial charge in [0.25, 0.3) is 0 Å². The third-order valence-corrected chi connectivity index (χ3v) is 3.97. The fourth-order valence-electron chi connectivity index (χ4n) is 2.55. The molecule has 1 fully saturated rings. The molecule has 0 spiro atoms. The molecule has 0 unspecified atom stereocenters. The predicted molar refractivity (Wildman–Crippen MR) is 105 cm³/mol. The summed E-state index contributed by atoms with van der Waals surface area (Å²) in [6.07, 6.45) is 1.09. The van der Waals surface area contributed by atoms with E-state index in [0.717, 1.165) is 0 Å². The van der Waals surface area contributed by atoms with Crippen molar-refractivity contribution >= 4 is 41.5 Å². The number of halogens is 4. The smallest absolute Gasteiger partial charge is 0.387 e. The summed E-state index contributed by atoms with van der Waals surface area (Å²) in [7, 11) is 0. The molecule has 1 aliphatic heterocycles. The van der Waals surface area contributed by atoms with Crippen LogP contribution < -0.4 is 10.1 Å². The third-order valence-electron chi connectivity index (χ3n) is 3.74. The highest BCUT2D eigenvalue weighted by Gasteiger charge is 2.20. The molecule has 0 aromatic heterocycles. The van der Waals surface area contributed by atoms with Gasteiger partial charge < -0.3 is 20.1 Å². The number of alkyl halides is 2. The highest BCUT2D eigenvalue weighted by Crippen LogP contribution is 2.25. The average molecular weight is 490 g/mol. The molecule has 1 heterocycles. The number of nitrogens with one attached hydrogen (secondary N) is 1. The van der Waals surface area contributed by atoms with Gasteiger partial charge in [0.05, 0.1) is 12.6 Å². The molecule has 25 heavy (non-hydrogen) atoms. The summed E-state index contributed by atoms with van der Waals surface area (Å²) in [6, 6.07) is 4.50. The van der Waals surface area contributed by atoms with Crippen LogP contribution in [0.3, 0.4) is 0 Å². The molecule has 5 nitrogen and oxygen atoms in total. The molecule has 1 aromatic rings. The minimum Gasteiger partial charge on any atom is -0.434 e. The van der Waals surface area contributed by atoms with Crippen molar-refractivity contribution in [2.24, 2.45) is 4.99 Å². The van der Waals surface area contributed by atoms with E-state index in [1.807, 2.05) is 6.92 Å². The Morgan fingerprint density at radius 1 is 1.44 bits per heavy atom. The topological polar surface area (TPSA) is 57.1 Å². The minimum absolute atomic E-state index is 0. The van der Waals surface area contributed by atoms with Crippen molar-refractivity contribution in [2.45, 2.75) is 39.0 Å². The van der Waals surface area contributed by atoms with Crippen LogP contribution >= 0.6 is 35.6 Å². The van der Waals surface area contributed by atoms with Crippen LogP contribution in [-0.2, 0) is 6.54 Å². The summed E-state index contributed by atoms with van der Waals surface area (Å²) in [4.78, 5) is 6.56. The van der Waals surface area contributed by atoms with E-state index in [0.29, 0.717) is 49.0 Å². The monoisotopic (exact) mass is 489 g/mol. The Kier molecular flexibility index (Phi) is 9.73. The number of rotatable bonds is 5. The fraction of sp³-hybridized carbons (Fsp3) is 0.562. The van der Waals surface area contributed by atoms with Crippen LogP contribution in [0.4, 0.5) is 8.78 Å². The van der Waals surface area contributed by atoms with E-state index >= 15 is 0 Å². The maximum absolute atomic E-state index is 12.5. The molecule has 1 aliphatic rings. The predicted octanol–water partition coefficient (Wildman–Crippen LogP) is 3.48. The molecule has 2 N–H and O–H groups in total. The Labute approximate surface area is 168 Å². The lowest BCUT2D eigenvalue weighted by molar-refractivity contribution is -0.0504. The molecule has 2 rings (SSSR count). The van der Waals surface area contributed by atoms with Crippen molar-refractivity contribution in [3.05, 3.63) is 28.8 Å². The van der Waals surface area contributed by atoms with Crippen molar-refractivity contribution in [2.75, 3.05) is 19.6 Å². The zero-order valence-electron chi connectivity index (χ0n) is 13.9. The molecular formula is C16H23ClF2IN3O2. The second-order valence-electron chi connectivity index (χ2n) is 5.52. The van der Waals surface area contributed by atoms with Crippen molar-refractivity contribution in [1.82, 2.24) is 10.2 Å². The zero-order valence-corrected chi connectivity index (χ0v) is 17.0. The molecule has 142 valence electrons. The zero-order chi connectivity index (χ0) is 17.5. The van der Waals surface area contributed by atoms with Crippen molar-refractivity contribution < 1.29 is 18.6 Å². The average Bonchev–Trinajstić information content (AvgIpc) is 2.54. The van der Waals surface area contributed by atoms with E-state index in [2.05, 4.69) is 19.9 Å². The number of piperidine rings is 1. The van der Waals surface area contributed by atoms with Crippen molar-refractivity contribution in [1.29, 1.82) is 0 Å². The van der Waals surface area contributed by atoms with E-state index in [1.54, 1.807) is 6.07 Å². The van der Waals surface area contributed by atoms with Crippen molar-refractivity contribution in [3.8, 4) is 5.75 Å². The van der Waals surface area contributed by atoms with E-state index in [-0.39, 0.29) is 42.4 Å². The van der Waals surface area contributed by atoms with Gasteiger partial charge in [0.1, 0.15) is 5.75 Å². The minimum atomic E-state index is -2.90. The maximum Gasteiger partial charge on any atom is 0.387 e. The summed E-state index contributed by atoms with van der Waals surface area (Å²) < 4.78 is 29.5. The number of aliphatic imine (C=N–C) groups is 1. The first-order valence-electron chi connectivity index (χ1n) is 7.94. The van der Waals surface area contributed by atoms with E-state index < -0.39 is 6.61 Å². The Morgan fingerprint density at radius 3 is 2.72 bits per heavy atom. The molecule has 0 bridgehead atoms. The van der Waals surface area contributed by atoms with Crippen LogP contribution in [0.1, 0.15) is 25.3 Å². The number of benzene rings is 1. The molecule has 1 aromatic carbocycles. The number of ether oxygens (including phenoxy) is 1. The van der Waals surface area contributed by atoms with E-state index in [4.69, 9.17) is 11.6 Å². The molecule has 0 radical (unpaired) electrons. The summed E-state index contributed by atoms with van der Waals surface area (Å²) in [5.74, 6) is 0.760. The lowest BCUT2D eigenvalue weighted by Crippen LogP contribution is -2.46. The lowest BCUT2D eigenvalue weighted by Gasteiger charge is -2.32. The molecule has 0 saturated carbocycles. The number of aliphatic hydroxyl groups is 1. The standard InChI is InChI=1S/C16H22ClF2N3O2.HI/c1-2-20-16(22-7-5-13(23)6-8-22)21-10-11-9-12(17)3-4-14(11)24-15(18)19;/h3-4,9,13,15,23H,2,5-8,10H2,1H3,(H,20,21);1H. The molecule has 9 heteroatoms. The lowest BCUT2D eigenvalue weighted by atomic mass is 10.1. The van der Waals surface area contributed by atoms with Gasteiger partial charge in [-0.3, -0.25) is 0 Å². The van der Waals surface area contributed by atoms with Gasteiger partial charge in [-0.15, -0.1) is 24.0 Å². The number of hydrogen-bond acceptors (Lipinski definition) is 3. The normalized spacial score (nSPS) is 15.9. The maximum atomic E-state index is 12.5. The van der Waals surface area contributed by atoms with E-state index in [9.17, 15) is 13.9 Å². The molecule has 0 aliphatic carbocycles. The summed E-state index contributed by atoms with van der Waals surface area (Å²) in [5.41, 5.74) is 0.496. The van der Waals surface area contributed by atoms with Gasteiger partial charge in [-0.1, -0.05) is 11.6 Å². The van der Waals surface area contributed by atoms with Gasteiger partial charge >= 0.3 is 6.61 Å². The Balaban J connectivity index is 0.00000312. The van der Waals surface area contributed by atoms with Crippen LogP contribution in [0.15, 0.2) is 23.2 Å². The number of guanidine groups is 1. The van der Waals surface area contributed by atoms with Crippen LogP contribution in [0.5, 0.6) is 5.75 Å². The molecule has 0 atom stereocenters.